The van der Waals surface area contributed by atoms with E-state index in [9.17, 15) is 0 Å². The van der Waals surface area contributed by atoms with Gasteiger partial charge < -0.3 is 5.32 Å². The molecule has 1 aromatic rings. The predicted octanol–water partition coefficient (Wildman–Crippen LogP) is 3.45. The van der Waals surface area contributed by atoms with Crippen molar-refractivity contribution >= 4 is 0 Å². The van der Waals surface area contributed by atoms with Crippen molar-refractivity contribution in [3.63, 3.8) is 0 Å². The molecule has 1 heteroatoms. The largest absolute Gasteiger partial charge is 0.316 e. The molecule has 0 spiro atoms. The minimum Gasteiger partial charge on any atom is -0.316 e. The van der Waals surface area contributed by atoms with Crippen molar-refractivity contribution < 1.29 is 0 Å². The summed E-state index contributed by atoms with van der Waals surface area (Å²) in [6.45, 7) is 7.05. The molecule has 0 atom stereocenters. The van der Waals surface area contributed by atoms with Gasteiger partial charge in [0.1, 0.15) is 0 Å². The molecule has 0 radical (unpaired) electrons. The van der Waals surface area contributed by atoms with E-state index in [1.54, 1.807) is 27.8 Å². The molecule has 1 nitrogen and oxygen atoms in total. The van der Waals surface area contributed by atoms with E-state index in [4.69, 9.17) is 0 Å². The number of rotatable bonds is 2. The summed E-state index contributed by atoms with van der Waals surface area (Å²) in [6.07, 6.45) is 9.20. The van der Waals surface area contributed by atoms with Gasteiger partial charge in [-0.25, -0.2) is 0 Å². The van der Waals surface area contributed by atoms with Crippen LogP contribution in [0, 0.1) is 5.92 Å². The van der Waals surface area contributed by atoms with Crippen molar-refractivity contribution in [2.24, 2.45) is 5.92 Å². The van der Waals surface area contributed by atoms with Crippen LogP contribution < -0.4 is 5.32 Å². The van der Waals surface area contributed by atoms with Crippen LogP contribution in [0.4, 0.5) is 0 Å². The second-order valence-electron chi connectivity index (χ2n) is 6.69. The molecular formula is C18H27N. The van der Waals surface area contributed by atoms with Crippen LogP contribution in [0.5, 0.6) is 0 Å². The molecule has 104 valence electrons. The average molecular weight is 257 g/mol. The Morgan fingerprint density at radius 1 is 0.947 bits per heavy atom. The number of aryl methyl sites for hydroxylation is 1. The topological polar surface area (TPSA) is 12.0 Å². The van der Waals surface area contributed by atoms with E-state index in [2.05, 4.69) is 25.2 Å². The lowest BCUT2D eigenvalue weighted by molar-refractivity contribution is 0.618. The van der Waals surface area contributed by atoms with Crippen molar-refractivity contribution in [3.05, 3.63) is 33.9 Å². The maximum absolute atomic E-state index is 3.57. The van der Waals surface area contributed by atoms with Crippen LogP contribution in [0.1, 0.15) is 54.5 Å². The Morgan fingerprint density at radius 2 is 1.63 bits per heavy atom. The minimum atomic E-state index is 0.772. The van der Waals surface area contributed by atoms with Gasteiger partial charge in [0.15, 0.2) is 0 Å². The average Bonchev–Trinajstić information content (AvgIpc) is 2.63. The fourth-order valence-corrected chi connectivity index (χ4v) is 3.86. The first kappa shape index (κ1) is 13.2. The highest BCUT2D eigenvalue weighted by molar-refractivity contribution is 5.48. The van der Waals surface area contributed by atoms with Crippen molar-refractivity contribution in [1.29, 1.82) is 0 Å². The van der Waals surface area contributed by atoms with Gasteiger partial charge in [0.25, 0.3) is 0 Å². The second-order valence-corrected chi connectivity index (χ2v) is 6.69. The zero-order chi connectivity index (χ0) is 13.2. The predicted molar refractivity (Wildman–Crippen MR) is 81.9 cm³/mol. The quantitative estimate of drug-likeness (QED) is 0.855. The van der Waals surface area contributed by atoms with E-state index >= 15 is 0 Å². The third-order valence-electron chi connectivity index (χ3n) is 4.71. The summed E-state index contributed by atoms with van der Waals surface area (Å²) in [7, 11) is 0. The van der Waals surface area contributed by atoms with Gasteiger partial charge in [0, 0.05) is 0 Å². The standard InChI is InChI=1S/C18H27N/c1-13(2)11-18-16-6-4-3-5-14(16)12-15-7-9-19-10-8-17(15)18/h12-13,19H,3-11H2,1-2H3. The van der Waals surface area contributed by atoms with E-state index in [1.807, 2.05) is 0 Å². The molecule has 0 amide bonds. The maximum atomic E-state index is 3.57. The normalized spacial score (nSPS) is 18.9. The van der Waals surface area contributed by atoms with Gasteiger partial charge in [-0.3, -0.25) is 0 Å². The molecule has 0 fully saturated rings. The van der Waals surface area contributed by atoms with E-state index < -0.39 is 0 Å². The molecule has 2 aliphatic rings. The Hall–Kier alpha value is -0.820. The SMILES string of the molecule is CC(C)Cc1c2c(cc3c1CCNCC3)CCCC2. The van der Waals surface area contributed by atoms with Gasteiger partial charge >= 0.3 is 0 Å². The second kappa shape index (κ2) is 5.66. The van der Waals surface area contributed by atoms with Crippen molar-refractivity contribution in [1.82, 2.24) is 5.32 Å². The summed E-state index contributed by atoms with van der Waals surface area (Å²) in [4.78, 5) is 0. The zero-order valence-electron chi connectivity index (χ0n) is 12.5. The van der Waals surface area contributed by atoms with E-state index in [0.717, 1.165) is 19.0 Å². The van der Waals surface area contributed by atoms with Crippen LogP contribution in [0.2, 0.25) is 0 Å². The molecule has 1 N–H and O–H groups in total. The fourth-order valence-electron chi connectivity index (χ4n) is 3.86. The summed E-state index contributed by atoms with van der Waals surface area (Å²) in [5.74, 6) is 0.772. The highest BCUT2D eigenvalue weighted by Crippen LogP contribution is 2.32. The molecule has 0 saturated carbocycles. The Labute approximate surface area is 117 Å². The summed E-state index contributed by atoms with van der Waals surface area (Å²) in [5.41, 5.74) is 8.52. The first-order chi connectivity index (χ1) is 9.25. The molecule has 3 rings (SSSR count). The number of hydrogen-bond donors (Lipinski definition) is 1. The van der Waals surface area contributed by atoms with Crippen LogP contribution in [-0.2, 0) is 32.1 Å². The fraction of sp³-hybridized carbons (Fsp3) is 0.667. The lowest BCUT2D eigenvalue weighted by Crippen LogP contribution is -2.16. The molecule has 1 aromatic carbocycles. The van der Waals surface area contributed by atoms with Crippen LogP contribution in [0.3, 0.4) is 0 Å². The minimum absolute atomic E-state index is 0.772. The Kier molecular flexibility index (Phi) is 3.93. The summed E-state index contributed by atoms with van der Waals surface area (Å²) in [6, 6.07) is 2.56. The van der Waals surface area contributed by atoms with Crippen molar-refractivity contribution in [2.75, 3.05) is 13.1 Å². The summed E-state index contributed by atoms with van der Waals surface area (Å²) in [5, 5.41) is 3.57. The van der Waals surface area contributed by atoms with Gasteiger partial charge in [-0.15, -0.1) is 0 Å². The monoisotopic (exact) mass is 257 g/mol. The van der Waals surface area contributed by atoms with E-state index in [-0.39, 0.29) is 0 Å². The zero-order valence-corrected chi connectivity index (χ0v) is 12.5. The van der Waals surface area contributed by atoms with Gasteiger partial charge in [0.2, 0.25) is 0 Å². The van der Waals surface area contributed by atoms with Crippen LogP contribution in [-0.4, -0.2) is 13.1 Å². The number of nitrogens with one attached hydrogen (secondary N) is 1. The van der Waals surface area contributed by atoms with E-state index in [1.165, 1.54) is 44.9 Å². The molecule has 0 saturated heterocycles. The summed E-state index contributed by atoms with van der Waals surface area (Å²) < 4.78 is 0. The lowest BCUT2D eigenvalue weighted by atomic mass is 9.80. The van der Waals surface area contributed by atoms with Gasteiger partial charge in [-0.2, -0.15) is 0 Å². The molecule has 1 aliphatic heterocycles. The van der Waals surface area contributed by atoms with Gasteiger partial charge in [-0.1, -0.05) is 19.9 Å². The van der Waals surface area contributed by atoms with Gasteiger partial charge in [0.05, 0.1) is 0 Å². The molecule has 0 bridgehead atoms. The molecular weight excluding hydrogens is 230 g/mol. The molecule has 1 heterocycles. The van der Waals surface area contributed by atoms with Crippen LogP contribution in [0.25, 0.3) is 0 Å². The number of hydrogen-bond acceptors (Lipinski definition) is 1. The van der Waals surface area contributed by atoms with E-state index in [0.29, 0.717) is 0 Å². The first-order valence-corrected chi connectivity index (χ1v) is 8.12. The van der Waals surface area contributed by atoms with Crippen LogP contribution >= 0.6 is 0 Å². The molecule has 0 unspecified atom stereocenters. The Bertz CT molecular complexity index is 459. The lowest BCUT2D eigenvalue weighted by Gasteiger charge is -2.25. The van der Waals surface area contributed by atoms with Crippen molar-refractivity contribution in [2.45, 2.75) is 58.8 Å². The maximum Gasteiger partial charge on any atom is -0.000802 e. The highest BCUT2D eigenvalue weighted by Gasteiger charge is 2.21. The molecule has 0 aromatic heterocycles. The van der Waals surface area contributed by atoms with Crippen LogP contribution in [0.15, 0.2) is 6.07 Å². The Morgan fingerprint density at radius 3 is 2.47 bits per heavy atom. The molecule has 19 heavy (non-hydrogen) atoms. The van der Waals surface area contributed by atoms with Crippen molar-refractivity contribution in [3.8, 4) is 0 Å². The molecule has 1 aliphatic carbocycles. The number of fused-ring (bicyclic) bond motifs is 2. The highest BCUT2D eigenvalue weighted by atomic mass is 14.8. The smallest absolute Gasteiger partial charge is 0.000802 e. The first-order valence-electron chi connectivity index (χ1n) is 8.12. The third-order valence-corrected chi connectivity index (χ3v) is 4.71. The third kappa shape index (κ3) is 2.72. The number of benzene rings is 1. The van der Waals surface area contributed by atoms with Gasteiger partial charge in [-0.05, 0) is 91.8 Å². The Balaban J connectivity index is 2.10. The summed E-state index contributed by atoms with van der Waals surface area (Å²) >= 11 is 0.